The zero-order valence-electron chi connectivity index (χ0n) is 14.1. The van der Waals surface area contributed by atoms with Crippen molar-refractivity contribution in [2.45, 2.75) is 38.6 Å². The van der Waals surface area contributed by atoms with E-state index in [4.69, 9.17) is 0 Å². The summed E-state index contributed by atoms with van der Waals surface area (Å²) in [5.74, 6) is 0.434. The summed E-state index contributed by atoms with van der Waals surface area (Å²) in [7, 11) is -3.12. The van der Waals surface area contributed by atoms with Crippen LogP contribution in [0.1, 0.15) is 32.6 Å². The molecule has 23 heavy (non-hydrogen) atoms. The minimum absolute atomic E-state index is 0.0478. The lowest BCUT2D eigenvalue weighted by molar-refractivity contribution is -0.132. The Morgan fingerprint density at radius 1 is 1.17 bits per heavy atom. The number of piperidine rings is 1. The molecule has 0 saturated carbocycles. The van der Waals surface area contributed by atoms with Gasteiger partial charge in [-0.25, -0.2) is 13.1 Å². The first-order valence-electron chi connectivity index (χ1n) is 8.71. The lowest BCUT2D eigenvalue weighted by atomic mass is 10.1. The Bertz CT molecular complexity index is 469. The Kier molecular flexibility index (Phi) is 7.26. The summed E-state index contributed by atoms with van der Waals surface area (Å²) in [5, 5.41) is 3.25. The molecule has 8 heteroatoms. The fourth-order valence-corrected chi connectivity index (χ4v) is 4.58. The number of sulfonamides is 1. The molecule has 2 saturated heterocycles. The molecule has 0 unspecified atom stereocenters. The van der Waals surface area contributed by atoms with Gasteiger partial charge in [-0.05, 0) is 32.4 Å². The SMILES string of the molecule is CCCS(=O)(=O)NC1CCN(CCC(=O)N2CCNCC2)CC1. The van der Waals surface area contributed by atoms with Crippen molar-refractivity contribution in [3.05, 3.63) is 0 Å². The van der Waals surface area contributed by atoms with Crippen LogP contribution in [-0.4, -0.2) is 81.7 Å². The Hall–Kier alpha value is -0.700. The van der Waals surface area contributed by atoms with Crippen molar-refractivity contribution in [1.82, 2.24) is 19.8 Å². The van der Waals surface area contributed by atoms with Gasteiger partial charge < -0.3 is 15.1 Å². The summed E-state index contributed by atoms with van der Waals surface area (Å²) >= 11 is 0. The molecule has 0 aromatic carbocycles. The van der Waals surface area contributed by atoms with Crippen molar-refractivity contribution in [2.75, 3.05) is 51.6 Å². The average molecular weight is 346 g/mol. The summed E-state index contributed by atoms with van der Waals surface area (Å²) in [6.07, 6.45) is 2.85. The van der Waals surface area contributed by atoms with Gasteiger partial charge in [0.1, 0.15) is 0 Å². The number of carbonyl (C=O) groups excluding carboxylic acids is 1. The average Bonchev–Trinajstić information content (AvgIpc) is 2.54. The first-order valence-corrected chi connectivity index (χ1v) is 10.4. The highest BCUT2D eigenvalue weighted by Crippen LogP contribution is 2.12. The van der Waals surface area contributed by atoms with Crippen LogP contribution in [0.3, 0.4) is 0 Å². The number of likely N-dealkylation sites (tertiary alicyclic amines) is 1. The highest BCUT2D eigenvalue weighted by molar-refractivity contribution is 7.89. The monoisotopic (exact) mass is 346 g/mol. The van der Waals surface area contributed by atoms with Crippen LogP contribution in [0.5, 0.6) is 0 Å². The summed E-state index contributed by atoms with van der Waals surface area (Å²) in [4.78, 5) is 16.3. The van der Waals surface area contributed by atoms with Crippen LogP contribution in [0, 0.1) is 0 Å². The van der Waals surface area contributed by atoms with E-state index in [1.807, 2.05) is 11.8 Å². The van der Waals surface area contributed by atoms with Crippen LogP contribution < -0.4 is 10.0 Å². The normalized spacial score (nSPS) is 21.5. The molecule has 0 aromatic heterocycles. The molecule has 2 aliphatic rings. The fraction of sp³-hybridized carbons (Fsp3) is 0.933. The smallest absolute Gasteiger partial charge is 0.223 e. The third-order valence-electron chi connectivity index (χ3n) is 4.52. The van der Waals surface area contributed by atoms with Crippen LogP contribution in [-0.2, 0) is 14.8 Å². The van der Waals surface area contributed by atoms with E-state index >= 15 is 0 Å². The van der Waals surface area contributed by atoms with Gasteiger partial charge in [-0.2, -0.15) is 0 Å². The van der Waals surface area contributed by atoms with Crippen molar-refractivity contribution < 1.29 is 13.2 Å². The zero-order valence-corrected chi connectivity index (χ0v) is 14.9. The van der Waals surface area contributed by atoms with Gasteiger partial charge in [0.15, 0.2) is 0 Å². The third kappa shape index (κ3) is 6.37. The van der Waals surface area contributed by atoms with Gasteiger partial charge in [-0.1, -0.05) is 6.92 Å². The molecule has 0 aromatic rings. The molecule has 0 spiro atoms. The molecule has 2 aliphatic heterocycles. The number of amides is 1. The Morgan fingerprint density at radius 3 is 2.43 bits per heavy atom. The molecule has 0 aliphatic carbocycles. The number of nitrogens with zero attached hydrogens (tertiary/aromatic N) is 2. The van der Waals surface area contributed by atoms with Crippen molar-refractivity contribution >= 4 is 15.9 Å². The topological polar surface area (TPSA) is 81.8 Å². The highest BCUT2D eigenvalue weighted by atomic mass is 32.2. The van der Waals surface area contributed by atoms with E-state index in [9.17, 15) is 13.2 Å². The minimum atomic E-state index is -3.12. The van der Waals surface area contributed by atoms with Gasteiger partial charge in [-0.15, -0.1) is 0 Å². The maximum Gasteiger partial charge on any atom is 0.223 e. The molecule has 0 radical (unpaired) electrons. The van der Waals surface area contributed by atoms with E-state index in [1.165, 1.54) is 0 Å². The number of nitrogens with one attached hydrogen (secondary N) is 2. The van der Waals surface area contributed by atoms with E-state index in [0.717, 1.165) is 58.7 Å². The maximum absolute atomic E-state index is 12.1. The highest BCUT2D eigenvalue weighted by Gasteiger charge is 2.24. The van der Waals surface area contributed by atoms with Gasteiger partial charge in [0.2, 0.25) is 15.9 Å². The predicted octanol–water partition coefficient (Wildman–Crippen LogP) is -0.398. The molecule has 7 nitrogen and oxygen atoms in total. The van der Waals surface area contributed by atoms with Gasteiger partial charge in [0, 0.05) is 45.2 Å². The molecule has 1 amide bonds. The lowest BCUT2D eigenvalue weighted by Gasteiger charge is -2.33. The van der Waals surface area contributed by atoms with E-state index < -0.39 is 10.0 Å². The Balaban J connectivity index is 1.65. The van der Waals surface area contributed by atoms with Crippen molar-refractivity contribution in [3.8, 4) is 0 Å². The molecule has 134 valence electrons. The molecule has 2 N–H and O–H groups in total. The van der Waals surface area contributed by atoms with Crippen LogP contribution in [0.2, 0.25) is 0 Å². The Morgan fingerprint density at radius 2 is 1.83 bits per heavy atom. The van der Waals surface area contributed by atoms with Gasteiger partial charge >= 0.3 is 0 Å². The van der Waals surface area contributed by atoms with E-state index in [-0.39, 0.29) is 17.7 Å². The van der Waals surface area contributed by atoms with Crippen LogP contribution >= 0.6 is 0 Å². The standard InChI is InChI=1S/C15H30N4O3S/c1-2-13-23(21,22)17-14-3-8-18(9-4-14)10-5-15(20)19-11-6-16-7-12-19/h14,16-17H,2-13H2,1H3. The van der Waals surface area contributed by atoms with E-state index in [1.54, 1.807) is 0 Å². The largest absolute Gasteiger partial charge is 0.340 e. The number of rotatable bonds is 7. The summed E-state index contributed by atoms with van der Waals surface area (Å²) in [6.45, 7) is 7.74. The number of carbonyl (C=O) groups is 1. The molecule has 0 atom stereocenters. The van der Waals surface area contributed by atoms with Crippen LogP contribution in [0.25, 0.3) is 0 Å². The first kappa shape index (κ1) is 18.6. The van der Waals surface area contributed by atoms with Gasteiger partial charge in [0.25, 0.3) is 0 Å². The van der Waals surface area contributed by atoms with E-state index in [0.29, 0.717) is 12.8 Å². The summed E-state index contributed by atoms with van der Waals surface area (Å²) < 4.78 is 26.4. The minimum Gasteiger partial charge on any atom is -0.340 e. The lowest BCUT2D eigenvalue weighted by Crippen LogP contribution is -2.48. The summed E-state index contributed by atoms with van der Waals surface area (Å²) in [5.41, 5.74) is 0. The molecule has 2 fully saturated rings. The Labute approximate surface area is 139 Å². The second kappa shape index (κ2) is 8.96. The fourth-order valence-electron chi connectivity index (χ4n) is 3.18. The van der Waals surface area contributed by atoms with Gasteiger partial charge in [-0.3, -0.25) is 4.79 Å². The number of piperazine rings is 1. The predicted molar refractivity (Wildman–Crippen MR) is 90.7 cm³/mol. The first-order chi connectivity index (χ1) is 11.0. The van der Waals surface area contributed by atoms with Crippen molar-refractivity contribution in [1.29, 1.82) is 0 Å². The molecule has 0 bridgehead atoms. The molecular weight excluding hydrogens is 316 g/mol. The van der Waals surface area contributed by atoms with Crippen LogP contribution in [0.4, 0.5) is 0 Å². The second-order valence-corrected chi connectivity index (χ2v) is 8.31. The number of hydrogen-bond donors (Lipinski definition) is 2. The third-order valence-corrected chi connectivity index (χ3v) is 6.16. The second-order valence-electron chi connectivity index (χ2n) is 6.43. The van der Waals surface area contributed by atoms with E-state index in [2.05, 4.69) is 14.9 Å². The zero-order chi connectivity index (χ0) is 16.7. The summed E-state index contributed by atoms with van der Waals surface area (Å²) in [6, 6.07) is 0.0478. The molecular formula is C15H30N4O3S. The molecule has 2 heterocycles. The quantitative estimate of drug-likeness (QED) is 0.656. The van der Waals surface area contributed by atoms with Gasteiger partial charge in [0.05, 0.1) is 5.75 Å². The van der Waals surface area contributed by atoms with Crippen LogP contribution in [0.15, 0.2) is 0 Å². The maximum atomic E-state index is 12.1. The molecule has 2 rings (SSSR count). The number of hydrogen-bond acceptors (Lipinski definition) is 5. The van der Waals surface area contributed by atoms with Crippen molar-refractivity contribution in [3.63, 3.8) is 0 Å². The van der Waals surface area contributed by atoms with Crippen molar-refractivity contribution in [2.24, 2.45) is 0 Å².